The highest BCUT2D eigenvalue weighted by molar-refractivity contribution is 6.30. The second-order valence-electron chi connectivity index (χ2n) is 4.34. The molecular formula is C14H11ClF2N2O2. The number of nitrogens with zero attached hydrogens (tertiary/aromatic N) is 1. The van der Waals surface area contributed by atoms with E-state index < -0.39 is 22.2 Å². The molecule has 0 spiro atoms. The Morgan fingerprint density at radius 1 is 1.14 bits per heavy atom. The lowest BCUT2D eigenvalue weighted by Gasteiger charge is -2.09. The normalized spacial score (nSPS) is 10.4. The minimum Gasteiger partial charge on any atom is -0.380 e. The van der Waals surface area contributed by atoms with Crippen LogP contribution in [-0.2, 0) is 6.42 Å². The molecule has 1 N–H and O–H groups in total. The number of non-ortho nitro benzene ring substituents is 1. The van der Waals surface area contributed by atoms with Crippen molar-refractivity contribution in [2.75, 3.05) is 11.9 Å². The van der Waals surface area contributed by atoms with Crippen molar-refractivity contribution >= 4 is 23.0 Å². The Bertz CT molecular complexity index is 640. The average molecular weight is 313 g/mol. The lowest BCUT2D eigenvalue weighted by atomic mass is 10.1. The van der Waals surface area contributed by atoms with Gasteiger partial charge in [0, 0.05) is 11.6 Å². The highest BCUT2D eigenvalue weighted by Crippen LogP contribution is 2.24. The van der Waals surface area contributed by atoms with Crippen LogP contribution in [0.25, 0.3) is 0 Å². The van der Waals surface area contributed by atoms with E-state index in [4.69, 9.17) is 11.6 Å². The fourth-order valence-electron chi connectivity index (χ4n) is 1.82. The fourth-order valence-corrected chi connectivity index (χ4v) is 1.94. The number of hydrogen-bond acceptors (Lipinski definition) is 3. The van der Waals surface area contributed by atoms with Crippen molar-refractivity contribution in [2.24, 2.45) is 0 Å². The Hall–Kier alpha value is -2.21. The minimum atomic E-state index is -0.988. The van der Waals surface area contributed by atoms with Crippen LogP contribution in [0.1, 0.15) is 5.56 Å². The van der Waals surface area contributed by atoms with E-state index in [1.54, 1.807) is 12.1 Å². The highest BCUT2D eigenvalue weighted by Gasteiger charge is 2.16. The van der Waals surface area contributed by atoms with Crippen molar-refractivity contribution in [1.82, 2.24) is 0 Å². The molecule has 7 heteroatoms. The molecule has 0 bridgehead atoms. The number of halogens is 3. The zero-order valence-corrected chi connectivity index (χ0v) is 11.5. The van der Waals surface area contributed by atoms with E-state index in [9.17, 15) is 18.9 Å². The third-order valence-corrected chi connectivity index (χ3v) is 3.12. The Kier molecular flexibility index (Phi) is 4.70. The first-order valence-electron chi connectivity index (χ1n) is 6.09. The summed E-state index contributed by atoms with van der Waals surface area (Å²) in [4.78, 5) is 9.64. The number of nitro benzene ring substituents is 1. The molecule has 0 saturated heterocycles. The Morgan fingerprint density at radius 3 is 2.24 bits per heavy atom. The van der Waals surface area contributed by atoms with Crippen molar-refractivity contribution < 1.29 is 13.7 Å². The summed E-state index contributed by atoms with van der Waals surface area (Å²) in [7, 11) is 0. The van der Waals surface area contributed by atoms with Crippen LogP contribution in [0.2, 0.25) is 5.02 Å². The van der Waals surface area contributed by atoms with E-state index in [-0.39, 0.29) is 12.2 Å². The lowest BCUT2D eigenvalue weighted by Crippen LogP contribution is -2.08. The maximum absolute atomic E-state index is 13.6. The van der Waals surface area contributed by atoms with Crippen LogP contribution in [-0.4, -0.2) is 11.5 Å². The summed E-state index contributed by atoms with van der Waals surface area (Å²) < 4.78 is 27.3. The summed E-state index contributed by atoms with van der Waals surface area (Å²) in [5, 5.41) is 13.7. The maximum atomic E-state index is 13.6. The molecule has 2 aromatic carbocycles. The molecule has 0 aliphatic rings. The molecule has 2 aromatic rings. The first kappa shape index (κ1) is 15.2. The van der Waals surface area contributed by atoms with Gasteiger partial charge in [-0.05, 0) is 24.1 Å². The molecule has 0 radical (unpaired) electrons. The standard InChI is InChI=1S/C14H11ClF2N2O2/c15-10-3-1-9(2-4-10)5-6-18-14-12(16)7-11(19(20)21)8-13(14)17/h1-4,7-8,18H,5-6H2. The smallest absolute Gasteiger partial charge is 0.275 e. The van der Waals surface area contributed by atoms with Crippen LogP contribution in [0.3, 0.4) is 0 Å². The van der Waals surface area contributed by atoms with Gasteiger partial charge in [0.25, 0.3) is 5.69 Å². The zero-order valence-electron chi connectivity index (χ0n) is 10.8. The topological polar surface area (TPSA) is 55.2 Å². The Morgan fingerprint density at radius 2 is 1.71 bits per heavy atom. The minimum absolute atomic E-state index is 0.285. The van der Waals surface area contributed by atoms with Gasteiger partial charge in [-0.1, -0.05) is 23.7 Å². The average Bonchev–Trinajstić information content (AvgIpc) is 2.43. The summed E-state index contributed by atoms with van der Waals surface area (Å²) in [6, 6.07) is 8.45. The van der Waals surface area contributed by atoms with Crippen LogP contribution in [0.15, 0.2) is 36.4 Å². The second-order valence-corrected chi connectivity index (χ2v) is 4.78. The molecule has 110 valence electrons. The maximum Gasteiger partial charge on any atom is 0.275 e. The van der Waals surface area contributed by atoms with E-state index in [1.165, 1.54) is 0 Å². The molecule has 4 nitrogen and oxygen atoms in total. The monoisotopic (exact) mass is 312 g/mol. The van der Waals surface area contributed by atoms with Gasteiger partial charge >= 0.3 is 0 Å². The molecule has 0 heterocycles. The first-order valence-corrected chi connectivity index (χ1v) is 6.47. The third kappa shape index (κ3) is 3.88. The molecule has 0 amide bonds. The van der Waals surface area contributed by atoms with E-state index in [2.05, 4.69) is 5.32 Å². The molecule has 21 heavy (non-hydrogen) atoms. The number of hydrogen-bond donors (Lipinski definition) is 1. The van der Waals surface area contributed by atoms with Crippen molar-refractivity contribution in [2.45, 2.75) is 6.42 Å². The van der Waals surface area contributed by atoms with Crippen LogP contribution in [0, 0.1) is 21.7 Å². The van der Waals surface area contributed by atoms with E-state index in [0.29, 0.717) is 23.6 Å². The van der Waals surface area contributed by atoms with Crippen LogP contribution in [0.4, 0.5) is 20.2 Å². The summed E-state index contributed by atoms with van der Waals surface area (Å²) >= 11 is 5.75. The first-order chi connectivity index (χ1) is 9.97. The molecule has 0 unspecified atom stereocenters. The van der Waals surface area contributed by atoms with Crippen molar-refractivity contribution in [1.29, 1.82) is 0 Å². The van der Waals surface area contributed by atoms with E-state index in [1.807, 2.05) is 12.1 Å². The molecule has 0 fully saturated rings. The number of nitro groups is 1. The predicted molar refractivity (Wildman–Crippen MR) is 76.7 cm³/mol. The quantitative estimate of drug-likeness (QED) is 0.665. The van der Waals surface area contributed by atoms with Gasteiger partial charge in [-0.2, -0.15) is 0 Å². The third-order valence-electron chi connectivity index (χ3n) is 2.87. The summed E-state index contributed by atoms with van der Waals surface area (Å²) in [6.45, 7) is 0.285. The van der Waals surface area contributed by atoms with Gasteiger partial charge in [0.05, 0.1) is 17.1 Å². The van der Waals surface area contributed by atoms with E-state index >= 15 is 0 Å². The molecular weight excluding hydrogens is 302 g/mol. The summed E-state index contributed by atoms with van der Waals surface area (Å²) in [6.07, 6.45) is 0.535. The summed E-state index contributed by atoms with van der Waals surface area (Å²) in [5.41, 5.74) is -0.0301. The second kappa shape index (κ2) is 6.49. The molecule has 0 aliphatic carbocycles. The van der Waals surface area contributed by atoms with E-state index in [0.717, 1.165) is 5.56 Å². The van der Waals surface area contributed by atoms with Crippen molar-refractivity contribution in [3.8, 4) is 0 Å². The van der Waals surface area contributed by atoms with Crippen molar-refractivity contribution in [3.05, 3.63) is 68.7 Å². The van der Waals surface area contributed by atoms with Crippen molar-refractivity contribution in [3.63, 3.8) is 0 Å². The molecule has 2 rings (SSSR count). The number of nitrogens with one attached hydrogen (secondary N) is 1. The fraction of sp³-hybridized carbons (Fsp3) is 0.143. The van der Waals surface area contributed by atoms with Gasteiger partial charge < -0.3 is 5.32 Å². The highest BCUT2D eigenvalue weighted by atomic mass is 35.5. The Labute approximate surface area is 124 Å². The molecule has 0 aromatic heterocycles. The summed E-state index contributed by atoms with van der Waals surface area (Å²) in [5.74, 6) is -1.98. The number of benzene rings is 2. The van der Waals surface area contributed by atoms with Gasteiger partial charge in [0.1, 0.15) is 5.69 Å². The lowest BCUT2D eigenvalue weighted by molar-refractivity contribution is -0.385. The Balaban J connectivity index is 2.03. The zero-order chi connectivity index (χ0) is 15.4. The molecule has 0 saturated carbocycles. The van der Waals surface area contributed by atoms with Gasteiger partial charge in [-0.3, -0.25) is 10.1 Å². The van der Waals surface area contributed by atoms with Gasteiger partial charge in [-0.15, -0.1) is 0 Å². The van der Waals surface area contributed by atoms with Gasteiger partial charge in [0.2, 0.25) is 0 Å². The predicted octanol–water partition coefficient (Wildman–Crippen LogP) is 4.18. The molecule has 0 atom stereocenters. The van der Waals surface area contributed by atoms with Crippen LogP contribution >= 0.6 is 11.6 Å². The van der Waals surface area contributed by atoms with Gasteiger partial charge in [0.15, 0.2) is 11.6 Å². The van der Waals surface area contributed by atoms with Gasteiger partial charge in [-0.25, -0.2) is 8.78 Å². The number of rotatable bonds is 5. The van der Waals surface area contributed by atoms with Crippen LogP contribution in [0.5, 0.6) is 0 Å². The van der Waals surface area contributed by atoms with Crippen LogP contribution < -0.4 is 5.32 Å². The number of anilines is 1. The largest absolute Gasteiger partial charge is 0.380 e. The molecule has 0 aliphatic heterocycles. The SMILES string of the molecule is O=[N+]([O-])c1cc(F)c(NCCc2ccc(Cl)cc2)c(F)c1.